The molecule has 0 atom stereocenters. The van der Waals surface area contributed by atoms with Gasteiger partial charge in [0.15, 0.2) is 5.40 Å². The molecule has 16 heavy (non-hydrogen) atoms. The fraction of sp³-hybridized carbons (Fsp3) is 0. The molecule has 0 bridgehead atoms. The lowest BCUT2D eigenvalue weighted by molar-refractivity contribution is -0.113. The molecule has 0 radical (unpaired) electrons. The number of hydrogen-bond donors (Lipinski definition) is 3. The van der Waals surface area contributed by atoms with Gasteiger partial charge in [-0.1, -0.05) is 22.7 Å². The number of nitrogens with two attached hydrogens (primary N) is 1. The van der Waals surface area contributed by atoms with Crippen molar-refractivity contribution in [3.63, 3.8) is 0 Å². The Morgan fingerprint density at radius 1 is 1.50 bits per heavy atom. The third-order valence-corrected chi connectivity index (χ3v) is 2.92. The highest BCUT2D eigenvalue weighted by molar-refractivity contribution is 8.28. The van der Waals surface area contributed by atoms with Crippen LogP contribution in [-0.2, 0) is 4.79 Å². The SMILES string of the molecule is N#CS(O)(O)c1cccc(/C=C/C(N)=O)c1. The predicted octanol–water partition coefficient (Wildman–Crippen LogP) is 1.78. The van der Waals surface area contributed by atoms with Gasteiger partial charge in [-0.2, -0.15) is 5.26 Å². The van der Waals surface area contributed by atoms with Gasteiger partial charge in [0, 0.05) is 6.08 Å². The molecule has 0 aliphatic rings. The van der Waals surface area contributed by atoms with Crippen molar-refractivity contribution < 1.29 is 13.9 Å². The summed E-state index contributed by atoms with van der Waals surface area (Å²) in [5, 5.41) is 9.98. The van der Waals surface area contributed by atoms with Crippen LogP contribution in [0.3, 0.4) is 0 Å². The minimum absolute atomic E-state index is 0.113. The summed E-state index contributed by atoms with van der Waals surface area (Å²) >= 11 is 0. The zero-order valence-corrected chi connectivity index (χ0v) is 9.02. The maximum Gasteiger partial charge on any atom is 0.241 e. The molecular formula is C10H10N2O3S. The molecule has 0 aliphatic heterocycles. The van der Waals surface area contributed by atoms with E-state index < -0.39 is 16.5 Å². The third kappa shape index (κ3) is 3.10. The van der Waals surface area contributed by atoms with E-state index in [-0.39, 0.29) is 4.90 Å². The average molecular weight is 238 g/mol. The first kappa shape index (κ1) is 12.3. The second-order valence-corrected chi connectivity index (χ2v) is 4.70. The van der Waals surface area contributed by atoms with Crippen LogP contribution in [0, 0.1) is 10.7 Å². The van der Waals surface area contributed by atoms with Gasteiger partial charge in [0.1, 0.15) is 0 Å². The summed E-state index contributed by atoms with van der Waals surface area (Å²) in [5.74, 6) is -0.600. The highest BCUT2D eigenvalue weighted by Gasteiger charge is 2.13. The molecule has 4 N–H and O–H groups in total. The van der Waals surface area contributed by atoms with Gasteiger partial charge in [-0.05, 0) is 23.8 Å². The van der Waals surface area contributed by atoms with E-state index in [1.807, 2.05) is 0 Å². The summed E-state index contributed by atoms with van der Waals surface area (Å²) in [7, 11) is -3.40. The molecular weight excluding hydrogens is 228 g/mol. The van der Waals surface area contributed by atoms with Crippen molar-refractivity contribution >= 4 is 22.6 Å². The predicted molar refractivity (Wildman–Crippen MR) is 61.4 cm³/mol. The van der Waals surface area contributed by atoms with Gasteiger partial charge in [0.25, 0.3) is 0 Å². The highest BCUT2D eigenvalue weighted by atomic mass is 32.3. The first-order chi connectivity index (χ1) is 7.45. The van der Waals surface area contributed by atoms with E-state index in [1.165, 1.54) is 23.6 Å². The topological polar surface area (TPSA) is 107 Å². The van der Waals surface area contributed by atoms with E-state index in [4.69, 9.17) is 11.0 Å². The Labute approximate surface area is 94.2 Å². The van der Waals surface area contributed by atoms with Crippen molar-refractivity contribution in [3.8, 4) is 5.40 Å². The zero-order valence-electron chi connectivity index (χ0n) is 8.20. The Morgan fingerprint density at radius 2 is 2.19 bits per heavy atom. The van der Waals surface area contributed by atoms with Crippen molar-refractivity contribution in [1.82, 2.24) is 0 Å². The summed E-state index contributed by atoms with van der Waals surface area (Å²) in [6, 6.07) is 6.05. The van der Waals surface area contributed by atoms with Gasteiger partial charge in [-0.15, -0.1) is 0 Å². The molecule has 0 aromatic heterocycles. The van der Waals surface area contributed by atoms with Gasteiger partial charge >= 0.3 is 0 Å². The van der Waals surface area contributed by atoms with Crippen LogP contribution in [0.2, 0.25) is 0 Å². The van der Waals surface area contributed by atoms with Crippen molar-refractivity contribution in [1.29, 1.82) is 5.26 Å². The zero-order chi connectivity index (χ0) is 12.2. The van der Waals surface area contributed by atoms with E-state index in [2.05, 4.69) is 0 Å². The molecule has 0 saturated carbocycles. The summed E-state index contributed by atoms with van der Waals surface area (Å²) in [6.45, 7) is 0. The van der Waals surface area contributed by atoms with Gasteiger partial charge in [-0.3, -0.25) is 13.9 Å². The number of thiocyanates is 1. The summed E-state index contributed by atoms with van der Waals surface area (Å²) < 4.78 is 18.7. The van der Waals surface area contributed by atoms with Crippen LogP contribution in [0.25, 0.3) is 6.08 Å². The molecule has 0 heterocycles. The van der Waals surface area contributed by atoms with E-state index in [1.54, 1.807) is 12.1 Å². The first-order valence-corrected chi connectivity index (χ1v) is 5.77. The number of benzene rings is 1. The standard InChI is InChI=1S/C10H10N2O3S/c11-7-16(14,15)9-3-1-2-8(6-9)4-5-10(12)13/h1-6,14-15H,(H2,12,13)/b5-4+. The molecule has 0 fully saturated rings. The van der Waals surface area contributed by atoms with Crippen LogP contribution in [0.4, 0.5) is 0 Å². The van der Waals surface area contributed by atoms with Crippen LogP contribution in [0.15, 0.2) is 35.2 Å². The smallest absolute Gasteiger partial charge is 0.241 e. The number of amides is 1. The van der Waals surface area contributed by atoms with Gasteiger partial charge < -0.3 is 5.73 Å². The quantitative estimate of drug-likeness (QED) is 0.551. The van der Waals surface area contributed by atoms with Crippen molar-refractivity contribution in [2.24, 2.45) is 5.73 Å². The van der Waals surface area contributed by atoms with Crippen molar-refractivity contribution in [2.75, 3.05) is 0 Å². The Bertz CT molecular complexity index is 477. The molecule has 0 aliphatic carbocycles. The minimum atomic E-state index is -3.40. The molecule has 0 unspecified atom stereocenters. The number of nitrogens with zero attached hydrogens (tertiary/aromatic N) is 1. The second-order valence-electron chi connectivity index (χ2n) is 2.95. The summed E-state index contributed by atoms with van der Waals surface area (Å²) in [6.07, 6.45) is 2.58. The van der Waals surface area contributed by atoms with Crippen molar-refractivity contribution in [3.05, 3.63) is 35.9 Å². The maximum atomic E-state index is 10.5. The molecule has 1 rings (SSSR count). The number of rotatable bonds is 3. The lowest BCUT2D eigenvalue weighted by Gasteiger charge is -2.22. The highest BCUT2D eigenvalue weighted by Crippen LogP contribution is 2.46. The fourth-order valence-corrected chi connectivity index (χ4v) is 1.70. The van der Waals surface area contributed by atoms with E-state index in [9.17, 15) is 13.9 Å². The minimum Gasteiger partial charge on any atom is -0.366 e. The third-order valence-electron chi connectivity index (χ3n) is 1.75. The number of nitriles is 1. The van der Waals surface area contributed by atoms with Gasteiger partial charge in [0.05, 0.1) is 4.90 Å². The number of carbonyl (C=O) groups is 1. The second kappa shape index (κ2) is 4.81. The molecule has 1 aromatic rings. The average Bonchev–Trinajstić information content (AvgIpc) is 2.27. The molecule has 1 aromatic carbocycles. The molecule has 6 heteroatoms. The van der Waals surface area contributed by atoms with Crippen LogP contribution in [0.1, 0.15) is 5.56 Å². The maximum absolute atomic E-state index is 10.5. The number of hydrogen-bond acceptors (Lipinski definition) is 4. The molecule has 5 nitrogen and oxygen atoms in total. The normalized spacial score (nSPS) is 12.3. The van der Waals surface area contributed by atoms with E-state index in [0.29, 0.717) is 5.56 Å². The number of carbonyl (C=O) groups excluding carboxylic acids is 1. The van der Waals surface area contributed by atoms with Crippen LogP contribution in [0.5, 0.6) is 0 Å². The Hall–Kier alpha value is -1.81. The van der Waals surface area contributed by atoms with Crippen LogP contribution < -0.4 is 5.73 Å². The van der Waals surface area contributed by atoms with Gasteiger partial charge in [-0.25, -0.2) is 0 Å². The van der Waals surface area contributed by atoms with Crippen LogP contribution in [-0.4, -0.2) is 15.0 Å². The van der Waals surface area contributed by atoms with Crippen LogP contribution >= 0.6 is 10.6 Å². The summed E-state index contributed by atoms with van der Waals surface area (Å²) in [4.78, 5) is 10.6. The molecule has 84 valence electrons. The Morgan fingerprint density at radius 3 is 2.75 bits per heavy atom. The lowest BCUT2D eigenvalue weighted by Crippen LogP contribution is -2.05. The number of primary amides is 1. The first-order valence-electron chi connectivity index (χ1n) is 4.22. The fourth-order valence-electron chi connectivity index (χ4n) is 1.03. The summed E-state index contributed by atoms with van der Waals surface area (Å²) in [5.41, 5.74) is 5.48. The molecule has 0 saturated heterocycles. The van der Waals surface area contributed by atoms with Crippen molar-refractivity contribution in [2.45, 2.75) is 4.90 Å². The lowest BCUT2D eigenvalue weighted by atomic mass is 10.2. The van der Waals surface area contributed by atoms with Gasteiger partial charge in [0.2, 0.25) is 5.91 Å². The van der Waals surface area contributed by atoms with E-state index >= 15 is 0 Å². The largest absolute Gasteiger partial charge is 0.366 e. The molecule has 0 spiro atoms. The molecule has 1 amide bonds. The Balaban J connectivity index is 3.06. The Kier molecular flexibility index (Phi) is 3.68. The monoisotopic (exact) mass is 238 g/mol. The van der Waals surface area contributed by atoms with E-state index in [0.717, 1.165) is 6.08 Å².